The molecule has 1 N–H and O–H groups in total. The fraction of sp³-hybridized carbons (Fsp3) is 0.350. The summed E-state index contributed by atoms with van der Waals surface area (Å²) in [6.07, 6.45) is 1.02. The number of para-hydroxylation sites is 1. The quantitative estimate of drug-likeness (QED) is 0.571. The minimum Gasteiger partial charge on any atom is -0.325 e. The van der Waals surface area contributed by atoms with E-state index in [-0.39, 0.29) is 5.91 Å². The molecule has 27 heavy (non-hydrogen) atoms. The highest BCUT2D eigenvalue weighted by Crippen LogP contribution is 2.28. The Morgan fingerprint density at radius 2 is 1.96 bits per heavy atom. The number of nitrogens with one attached hydrogen (secondary N) is 1. The second kappa shape index (κ2) is 8.71. The van der Waals surface area contributed by atoms with Crippen molar-refractivity contribution in [2.24, 2.45) is 0 Å². The molecule has 0 aliphatic carbocycles. The monoisotopic (exact) mass is 400 g/mol. The van der Waals surface area contributed by atoms with Crippen LogP contribution in [0, 0.1) is 13.8 Å². The van der Waals surface area contributed by atoms with Gasteiger partial charge >= 0.3 is 0 Å². The summed E-state index contributed by atoms with van der Waals surface area (Å²) in [5.74, 6) is 1.13. The van der Waals surface area contributed by atoms with Gasteiger partial charge in [0.1, 0.15) is 0 Å². The van der Waals surface area contributed by atoms with Crippen LogP contribution in [0.3, 0.4) is 0 Å². The van der Waals surface area contributed by atoms with E-state index in [1.54, 1.807) is 11.3 Å². The number of hydrogen-bond acceptors (Lipinski definition) is 5. The Balaban J connectivity index is 1.70. The van der Waals surface area contributed by atoms with Gasteiger partial charge < -0.3 is 9.88 Å². The van der Waals surface area contributed by atoms with Crippen LogP contribution in [0.1, 0.15) is 29.9 Å². The SMILES string of the molecule is CCc1cc(-c2nnc(SCC(=O)Nc3c(C)cccc3C)n2CC)cs1. The Morgan fingerprint density at radius 1 is 1.22 bits per heavy atom. The smallest absolute Gasteiger partial charge is 0.234 e. The highest BCUT2D eigenvalue weighted by atomic mass is 32.2. The third kappa shape index (κ3) is 4.42. The molecule has 0 saturated heterocycles. The average molecular weight is 401 g/mol. The highest BCUT2D eigenvalue weighted by Gasteiger charge is 2.16. The molecule has 0 spiro atoms. The number of thiophene rings is 1. The van der Waals surface area contributed by atoms with Gasteiger partial charge in [-0.25, -0.2) is 0 Å². The van der Waals surface area contributed by atoms with Gasteiger partial charge in [-0.1, -0.05) is 36.9 Å². The Kier molecular flexibility index (Phi) is 6.34. The van der Waals surface area contributed by atoms with Crippen molar-refractivity contribution in [2.45, 2.75) is 45.8 Å². The second-order valence-electron chi connectivity index (χ2n) is 6.31. The van der Waals surface area contributed by atoms with E-state index in [4.69, 9.17) is 0 Å². The lowest BCUT2D eigenvalue weighted by atomic mass is 10.1. The number of rotatable bonds is 7. The van der Waals surface area contributed by atoms with Crippen LogP contribution in [0.15, 0.2) is 34.8 Å². The molecule has 5 nitrogen and oxygen atoms in total. The molecule has 0 fully saturated rings. The van der Waals surface area contributed by atoms with E-state index in [2.05, 4.69) is 45.4 Å². The van der Waals surface area contributed by atoms with Gasteiger partial charge in [-0.05, 0) is 44.4 Å². The zero-order valence-corrected chi connectivity index (χ0v) is 17.7. The van der Waals surface area contributed by atoms with Crippen LogP contribution in [0.2, 0.25) is 0 Å². The molecule has 2 aromatic heterocycles. The summed E-state index contributed by atoms with van der Waals surface area (Å²) in [4.78, 5) is 13.8. The molecule has 0 radical (unpaired) electrons. The van der Waals surface area contributed by atoms with Gasteiger partial charge in [0, 0.05) is 28.1 Å². The van der Waals surface area contributed by atoms with Crippen molar-refractivity contribution in [1.82, 2.24) is 14.8 Å². The fourth-order valence-corrected chi connectivity index (χ4v) is 4.51. The predicted octanol–water partition coefficient (Wildman–Crippen LogP) is 4.94. The van der Waals surface area contributed by atoms with E-state index < -0.39 is 0 Å². The number of hydrogen-bond donors (Lipinski definition) is 1. The summed E-state index contributed by atoms with van der Waals surface area (Å²) in [5, 5.41) is 14.6. The maximum atomic E-state index is 12.4. The van der Waals surface area contributed by atoms with Gasteiger partial charge in [-0.2, -0.15) is 0 Å². The van der Waals surface area contributed by atoms with Crippen LogP contribution < -0.4 is 5.32 Å². The van der Waals surface area contributed by atoms with Crippen molar-refractivity contribution in [3.05, 3.63) is 45.6 Å². The standard InChI is InChI=1S/C20H24N4OS2/c1-5-16-10-15(11-26-16)19-22-23-20(24(19)6-2)27-12-17(25)21-18-13(3)8-7-9-14(18)4/h7-11H,5-6,12H2,1-4H3,(H,21,25). The minimum atomic E-state index is -0.0339. The lowest BCUT2D eigenvalue weighted by Gasteiger charge is -2.11. The Bertz CT molecular complexity index is 925. The van der Waals surface area contributed by atoms with Gasteiger partial charge in [0.15, 0.2) is 11.0 Å². The number of benzene rings is 1. The van der Waals surface area contributed by atoms with Gasteiger partial charge in [0.05, 0.1) is 5.75 Å². The van der Waals surface area contributed by atoms with Gasteiger partial charge in [0.25, 0.3) is 0 Å². The number of anilines is 1. The van der Waals surface area contributed by atoms with E-state index in [1.165, 1.54) is 16.6 Å². The lowest BCUT2D eigenvalue weighted by Crippen LogP contribution is -2.16. The third-order valence-corrected chi connectivity index (χ3v) is 6.42. The first-order valence-corrected chi connectivity index (χ1v) is 10.9. The summed E-state index contributed by atoms with van der Waals surface area (Å²) in [6, 6.07) is 8.17. The molecule has 1 aromatic carbocycles. The number of amides is 1. The number of aromatic nitrogens is 3. The Hall–Kier alpha value is -2.12. The highest BCUT2D eigenvalue weighted by molar-refractivity contribution is 7.99. The molecule has 142 valence electrons. The molecule has 3 rings (SSSR count). The summed E-state index contributed by atoms with van der Waals surface area (Å²) in [7, 11) is 0. The molecule has 0 unspecified atom stereocenters. The van der Waals surface area contributed by atoms with Crippen LogP contribution >= 0.6 is 23.1 Å². The maximum Gasteiger partial charge on any atom is 0.234 e. The van der Waals surface area contributed by atoms with Gasteiger partial charge in [-0.15, -0.1) is 21.5 Å². The normalized spacial score (nSPS) is 11.0. The zero-order valence-electron chi connectivity index (χ0n) is 16.1. The van der Waals surface area contributed by atoms with Crippen molar-refractivity contribution < 1.29 is 4.79 Å². The number of nitrogens with zero attached hydrogens (tertiary/aromatic N) is 3. The minimum absolute atomic E-state index is 0.0339. The van der Waals surface area contributed by atoms with E-state index in [0.29, 0.717) is 5.75 Å². The molecule has 0 aliphatic rings. The molecule has 1 amide bonds. The van der Waals surface area contributed by atoms with Crippen molar-refractivity contribution >= 4 is 34.7 Å². The predicted molar refractivity (Wildman–Crippen MR) is 114 cm³/mol. The van der Waals surface area contributed by atoms with Crippen LogP contribution in [0.5, 0.6) is 0 Å². The first kappa shape index (κ1) is 19.6. The van der Waals surface area contributed by atoms with Gasteiger partial charge in [-0.3, -0.25) is 4.79 Å². The molecule has 0 atom stereocenters. The molecule has 2 heterocycles. The number of thioether (sulfide) groups is 1. The van der Waals surface area contributed by atoms with Crippen molar-refractivity contribution in [1.29, 1.82) is 0 Å². The molecule has 7 heteroatoms. The van der Waals surface area contributed by atoms with Crippen molar-refractivity contribution in [3.63, 3.8) is 0 Å². The topological polar surface area (TPSA) is 59.8 Å². The maximum absolute atomic E-state index is 12.4. The summed E-state index contributed by atoms with van der Waals surface area (Å²) in [6.45, 7) is 8.99. The van der Waals surface area contributed by atoms with Crippen LogP contribution in [-0.4, -0.2) is 26.4 Å². The number of aryl methyl sites for hydroxylation is 3. The van der Waals surface area contributed by atoms with Crippen molar-refractivity contribution in [3.8, 4) is 11.4 Å². The van der Waals surface area contributed by atoms with Crippen LogP contribution in [0.4, 0.5) is 5.69 Å². The van der Waals surface area contributed by atoms with E-state index in [9.17, 15) is 4.79 Å². The molecular weight excluding hydrogens is 376 g/mol. The average Bonchev–Trinajstić information content (AvgIpc) is 3.29. The summed E-state index contributed by atoms with van der Waals surface area (Å²) < 4.78 is 2.07. The molecule has 0 aliphatic heterocycles. The largest absolute Gasteiger partial charge is 0.325 e. The van der Waals surface area contributed by atoms with E-state index in [0.717, 1.165) is 46.3 Å². The van der Waals surface area contributed by atoms with Gasteiger partial charge in [0.2, 0.25) is 5.91 Å². The Labute approximate surface area is 168 Å². The number of carbonyl (C=O) groups is 1. The third-order valence-electron chi connectivity index (χ3n) is 4.37. The van der Waals surface area contributed by atoms with Crippen LogP contribution in [-0.2, 0) is 17.8 Å². The summed E-state index contributed by atoms with van der Waals surface area (Å²) >= 11 is 3.16. The van der Waals surface area contributed by atoms with Crippen molar-refractivity contribution in [2.75, 3.05) is 11.1 Å². The summed E-state index contributed by atoms with van der Waals surface area (Å²) in [5.41, 5.74) is 4.12. The van der Waals surface area contributed by atoms with E-state index >= 15 is 0 Å². The molecule has 0 saturated carbocycles. The first-order chi connectivity index (χ1) is 13.0. The molecular formula is C20H24N4OS2. The second-order valence-corrected chi connectivity index (χ2v) is 8.25. The fourth-order valence-electron chi connectivity index (χ4n) is 2.89. The first-order valence-electron chi connectivity index (χ1n) is 9.03. The molecule has 0 bridgehead atoms. The van der Waals surface area contributed by atoms with Crippen LogP contribution in [0.25, 0.3) is 11.4 Å². The zero-order chi connectivity index (χ0) is 19.4. The molecule has 3 aromatic rings. The van der Waals surface area contributed by atoms with E-state index in [1.807, 2.05) is 32.0 Å². The number of carbonyl (C=O) groups excluding carboxylic acids is 1. The Morgan fingerprint density at radius 3 is 2.59 bits per heavy atom. The lowest BCUT2D eigenvalue weighted by molar-refractivity contribution is -0.113.